The monoisotopic (exact) mass is 225 g/mol. The molecule has 1 aliphatic heterocycles. The van der Waals surface area contributed by atoms with Gasteiger partial charge >= 0.3 is 0 Å². The van der Waals surface area contributed by atoms with Crippen molar-refractivity contribution in [2.24, 2.45) is 4.99 Å². The molecule has 1 aromatic carbocycles. The molecule has 3 rings (SSSR count). The maximum absolute atomic E-state index is 5.84. The zero-order valence-corrected chi connectivity index (χ0v) is 9.38. The third-order valence-corrected chi connectivity index (χ3v) is 2.61. The van der Waals surface area contributed by atoms with Crippen LogP contribution >= 0.6 is 0 Å². The third kappa shape index (κ3) is 1.65. The van der Waals surface area contributed by atoms with Crippen molar-refractivity contribution in [3.05, 3.63) is 60.1 Å². The van der Waals surface area contributed by atoms with E-state index >= 15 is 0 Å². The van der Waals surface area contributed by atoms with E-state index in [1.54, 1.807) is 7.11 Å². The summed E-state index contributed by atoms with van der Waals surface area (Å²) >= 11 is 0. The highest BCUT2D eigenvalue weighted by molar-refractivity contribution is 6.10. The molecule has 0 fully saturated rings. The molecule has 0 aromatic heterocycles. The highest BCUT2D eigenvalue weighted by atomic mass is 16.5. The van der Waals surface area contributed by atoms with E-state index in [4.69, 9.17) is 9.47 Å². The van der Waals surface area contributed by atoms with Gasteiger partial charge in [-0.25, -0.2) is 4.99 Å². The Morgan fingerprint density at radius 3 is 2.82 bits per heavy atom. The molecule has 0 saturated heterocycles. The SMILES string of the molecule is COC1=C2Oc3ccccc3N=C2C=CC=C1. The van der Waals surface area contributed by atoms with Crippen molar-refractivity contribution in [1.82, 2.24) is 0 Å². The number of nitrogens with zero attached hydrogens (tertiary/aromatic N) is 1. The summed E-state index contributed by atoms with van der Waals surface area (Å²) in [5.74, 6) is 2.10. The topological polar surface area (TPSA) is 30.8 Å². The van der Waals surface area contributed by atoms with E-state index in [-0.39, 0.29) is 0 Å². The van der Waals surface area contributed by atoms with Gasteiger partial charge in [0.25, 0.3) is 0 Å². The number of allylic oxidation sites excluding steroid dienone is 4. The van der Waals surface area contributed by atoms with Gasteiger partial charge in [-0.2, -0.15) is 0 Å². The number of para-hydroxylation sites is 2. The molecule has 0 amide bonds. The molecule has 0 saturated carbocycles. The molecule has 84 valence electrons. The minimum Gasteiger partial charge on any atom is -0.493 e. The number of methoxy groups -OCH3 is 1. The Morgan fingerprint density at radius 2 is 1.94 bits per heavy atom. The Hall–Kier alpha value is -2.29. The van der Waals surface area contributed by atoms with E-state index in [2.05, 4.69) is 4.99 Å². The van der Waals surface area contributed by atoms with Gasteiger partial charge in [-0.05, 0) is 24.3 Å². The lowest BCUT2D eigenvalue weighted by atomic mass is 10.2. The zero-order chi connectivity index (χ0) is 11.7. The number of fused-ring (bicyclic) bond motifs is 2. The third-order valence-electron chi connectivity index (χ3n) is 2.61. The summed E-state index contributed by atoms with van der Waals surface area (Å²) in [6, 6.07) is 7.69. The number of benzene rings is 1. The Morgan fingerprint density at radius 1 is 1.12 bits per heavy atom. The first-order chi connectivity index (χ1) is 8.38. The summed E-state index contributed by atoms with van der Waals surface area (Å²) in [5, 5.41) is 0. The van der Waals surface area contributed by atoms with Crippen molar-refractivity contribution in [3.8, 4) is 5.75 Å². The van der Waals surface area contributed by atoms with Crippen LogP contribution in [0.5, 0.6) is 5.75 Å². The molecule has 1 aliphatic carbocycles. The molecule has 0 spiro atoms. The van der Waals surface area contributed by atoms with Gasteiger partial charge in [0.05, 0.1) is 7.11 Å². The van der Waals surface area contributed by atoms with Crippen LogP contribution in [-0.2, 0) is 4.74 Å². The number of aliphatic imine (C=N–C) groups is 1. The van der Waals surface area contributed by atoms with Crippen molar-refractivity contribution in [3.63, 3.8) is 0 Å². The highest BCUT2D eigenvalue weighted by Crippen LogP contribution is 2.35. The molecule has 0 atom stereocenters. The molecule has 17 heavy (non-hydrogen) atoms. The van der Waals surface area contributed by atoms with Crippen molar-refractivity contribution in [1.29, 1.82) is 0 Å². The smallest absolute Gasteiger partial charge is 0.194 e. The lowest BCUT2D eigenvalue weighted by Gasteiger charge is -2.18. The zero-order valence-electron chi connectivity index (χ0n) is 9.38. The Balaban J connectivity index is 2.19. The number of hydrogen-bond acceptors (Lipinski definition) is 3. The van der Waals surface area contributed by atoms with Gasteiger partial charge in [0.15, 0.2) is 17.3 Å². The second-order valence-corrected chi connectivity index (χ2v) is 3.68. The summed E-state index contributed by atoms with van der Waals surface area (Å²) in [6.45, 7) is 0. The van der Waals surface area contributed by atoms with E-state index in [1.165, 1.54) is 0 Å². The highest BCUT2D eigenvalue weighted by Gasteiger charge is 2.21. The van der Waals surface area contributed by atoms with Crippen molar-refractivity contribution in [2.45, 2.75) is 0 Å². The van der Waals surface area contributed by atoms with E-state index < -0.39 is 0 Å². The van der Waals surface area contributed by atoms with Crippen LogP contribution in [0.2, 0.25) is 0 Å². The molecule has 1 heterocycles. The van der Waals surface area contributed by atoms with E-state index in [9.17, 15) is 0 Å². The molecule has 2 aliphatic rings. The number of ether oxygens (including phenoxy) is 2. The van der Waals surface area contributed by atoms with Crippen molar-refractivity contribution >= 4 is 11.4 Å². The largest absolute Gasteiger partial charge is 0.493 e. The van der Waals surface area contributed by atoms with Gasteiger partial charge in [-0.15, -0.1) is 0 Å². The molecule has 3 heteroatoms. The van der Waals surface area contributed by atoms with Gasteiger partial charge in [-0.3, -0.25) is 0 Å². The van der Waals surface area contributed by atoms with Crippen LogP contribution in [0.1, 0.15) is 0 Å². The van der Waals surface area contributed by atoms with Gasteiger partial charge in [-0.1, -0.05) is 24.3 Å². The predicted octanol–water partition coefficient (Wildman–Crippen LogP) is 3.14. The maximum Gasteiger partial charge on any atom is 0.194 e. The summed E-state index contributed by atoms with van der Waals surface area (Å²) in [4.78, 5) is 4.55. The maximum atomic E-state index is 5.84. The Bertz CT molecular complexity index is 580. The standard InChI is InChI=1S/C14H11NO2/c1-16-13-9-5-3-7-11-14(13)17-12-8-4-2-6-10(12)15-11/h2-9H,1H3. The first-order valence-corrected chi connectivity index (χ1v) is 5.37. The lowest BCUT2D eigenvalue weighted by Crippen LogP contribution is -2.13. The molecule has 0 unspecified atom stereocenters. The van der Waals surface area contributed by atoms with Gasteiger partial charge in [0, 0.05) is 0 Å². The van der Waals surface area contributed by atoms with Crippen LogP contribution < -0.4 is 4.74 Å². The van der Waals surface area contributed by atoms with Gasteiger partial charge in [0.2, 0.25) is 0 Å². The molecule has 0 radical (unpaired) electrons. The first kappa shape index (κ1) is 9.90. The molecular formula is C14H11NO2. The van der Waals surface area contributed by atoms with E-state index in [0.717, 1.165) is 17.1 Å². The number of hydrogen-bond donors (Lipinski definition) is 0. The van der Waals surface area contributed by atoms with E-state index in [0.29, 0.717) is 11.5 Å². The minimum absolute atomic E-state index is 0.663. The average molecular weight is 225 g/mol. The average Bonchev–Trinajstić information content (AvgIpc) is 2.57. The van der Waals surface area contributed by atoms with Crippen LogP contribution in [0.25, 0.3) is 0 Å². The second kappa shape index (κ2) is 3.94. The van der Waals surface area contributed by atoms with Gasteiger partial charge < -0.3 is 9.47 Å². The van der Waals surface area contributed by atoms with Crippen LogP contribution in [0.15, 0.2) is 65.1 Å². The van der Waals surface area contributed by atoms with E-state index in [1.807, 2.05) is 48.6 Å². The molecule has 1 aromatic rings. The van der Waals surface area contributed by atoms with Crippen LogP contribution in [0.3, 0.4) is 0 Å². The molecule has 3 nitrogen and oxygen atoms in total. The van der Waals surface area contributed by atoms with Gasteiger partial charge in [0.1, 0.15) is 11.4 Å². The summed E-state index contributed by atoms with van der Waals surface area (Å²) in [5.41, 5.74) is 1.62. The van der Waals surface area contributed by atoms with Crippen molar-refractivity contribution in [2.75, 3.05) is 7.11 Å². The predicted molar refractivity (Wildman–Crippen MR) is 66.5 cm³/mol. The quantitative estimate of drug-likeness (QED) is 0.735. The number of rotatable bonds is 1. The van der Waals surface area contributed by atoms with Crippen LogP contribution in [0, 0.1) is 0 Å². The first-order valence-electron chi connectivity index (χ1n) is 5.37. The molecule has 0 bridgehead atoms. The van der Waals surface area contributed by atoms with Crippen molar-refractivity contribution < 1.29 is 9.47 Å². The summed E-state index contributed by atoms with van der Waals surface area (Å²) in [7, 11) is 1.62. The Labute approximate surface area is 99.4 Å². The lowest BCUT2D eigenvalue weighted by molar-refractivity contribution is 0.282. The Kier molecular flexibility index (Phi) is 2.29. The normalized spacial score (nSPS) is 16.6. The fourth-order valence-corrected chi connectivity index (χ4v) is 1.79. The van der Waals surface area contributed by atoms with Crippen LogP contribution in [0.4, 0.5) is 5.69 Å². The fourth-order valence-electron chi connectivity index (χ4n) is 1.79. The molecular weight excluding hydrogens is 214 g/mol. The summed E-state index contributed by atoms with van der Waals surface area (Å²) < 4.78 is 11.1. The minimum atomic E-state index is 0.663. The fraction of sp³-hybridized carbons (Fsp3) is 0.0714. The second-order valence-electron chi connectivity index (χ2n) is 3.68. The summed E-state index contributed by atoms with van der Waals surface area (Å²) in [6.07, 6.45) is 7.60. The van der Waals surface area contributed by atoms with Crippen LogP contribution in [-0.4, -0.2) is 12.8 Å². The molecule has 0 N–H and O–H groups in total.